The maximum Gasteiger partial charge on any atom is 0.264 e. The number of carbonyl (C=O) groups excluding carboxylic acids is 1. The van der Waals surface area contributed by atoms with Gasteiger partial charge in [0.1, 0.15) is 6.54 Å². The fraction of sp³-hybridized carbons (Fsp3) is 0.174. The van der Waals surface area contributed by atoms with E-state index in [-0.39, 0.29) is 11.4 Å². The lowest BCUT2D eigenvalue weighted by molar-refractivity contribution is -0.114. The van der Waals surface area contributed by atoms with Gasteiger partial charge in [0, 0.05) is 10.7 Å². The summed E-state index contributed by atoms with van der Waals surface area (Å²) in [5.74, 6) is -0.429. The Labute approximate surface area is 182 Å². The minimum absolute atomic E-state index is 0.0620. The van der Waals surface area contributed by atoms with E-state index in [2.05, 4.69) is 5.32 Å². The lowest BCUT2D eigenvalue weighted by atomic mass is 10.1. The number of rotatable bonds is 6. The molecular formula is C23H23ClN2O3S. The van der Waals surface area contributed by atoms with Gasteiger partial charge in [0.05, 0.1) is 10.6 Å². The third-order valence-electron chi connectivity index (χ3n) is 4.68. The largest absolute Gasteiger partial charge is 0.324 e. The maximum atomic E-state index is 13.3. The van der Waals surface area contributed by atoms with Crippen LogP contribution in [0.15, 0.2) is 71.6 Å². The van der Waals surface area contributed by atoms with Crippen molar-refractivity contribution in [2.45, 2.75) is 25.7 Å². The van der Waals surface area contributed by atoms with Crippen molar-refractivity contribution in [2.24, 2.45) is 0 Å². The van der Waals surface area contributed by atoms with Crippen molar-refractivity contribution in [3.63, 3.8) is 0 Å². The number of sulfonamides is 1. The number of amides is 1. The van der Waals surface area contributed by atoms with Crippen molar-refractivity contribution in [2.75, 3.05) is 16.2 Å². The summed E-state index contributed by atoms with van der Waals surface area (Å²) in [5.41, 5.74) is 3.96. The number of carbonyl (C=O) groups is 1. The minimum Gasteiger partial charge on any atom is -0.324 e. The highest BCUT2D eigenvalue weighted by molar-refractivity contribution is 7.92. The molecule has 0 aromatic heterocycles. The Kier molecular flexibility index (Phi) is 6.48. The lowest BCUT2D eigenvalue weighted by Gasteiger charge is -2.24. The minimum atomic E-state index is -3.98. The van der Waals surface area contributed by atoms with E-state index in [1.807, 2.05) is 51.1 Å². The standard InChI is InChI=1S/C23H23ClN2O3S/c1-16-5-10-20(11-6-16)26(30(28,29)21-12-8-19(24)9-13-21)15-23(27)25-22-14-17(2)4-7-18(22)3/h4-14H,15H2,1-3H3,(H,25,27). The second-order valence-corrected chi connectivity index (χ2v) is 9.47. The van der Waals surface area contributed by atoms with Gasteiger partial charge in [-0.3, -0.25) is 9.10 Å². The Bertz CT molecular complexity index is 1160. The summed E-state index contributed by atoms with van der Waals surface area (Å²) in [6.07, 6.45) is 0. The molecule has 3 aromatic carbocycles. The fourth-order valence-corrected chi connectivity index (χ4v) is 4.50. The van der Waals surface area contributed by atoms with Gasteiger partial charge in [0.2, 0.25) is 5.91 Å². The number of anilines is 2. The first kappa shape index (κ1) is 21.9. The molecule has 5 nitrogen and oxygen atoms in total. The molecule has 1 N–H and O–H groups in total. The molecule has 156 valence electrons. The Balaban J connectivity index is 1.95. The van der Waals surface area contributed by atoms with Crippen LogP contribution >= 0.6 is 11.6 Å². The molecule has 0 aliphatic rings. The van der Waals surface area contributed by atoms with Gasteiger partial charge in [0.15, 0.2) is 0 Å². The molecular weight excluding hydrogens is 420 g/mol. The van der Waals surface area contributed by atoms with E-state index < -0.39 is 15.9 Å². The summed E-state index contributed by atoms with van der Waals surface area (Å²) in [7, 11) is -3.98. The van der Waals surface area contributed by atoms with Crippen molar-refractivity contribution in [3.05, 3.63) is 88.4 Å². The number of aryl methyl sites for hydroxylation is 3. The average Bonchev–Trinajstić information content (AvgIpc) is 2.70. The average molecular weight is 443 g/mol. The number of benzene rings is 3. The smallest absolute Gasteiger partial charge is 0.264 e. The van der Waals surface area contributed by atoms with Gasteiger partial charge in [-0.2, -0.15) is 0 Å². The Morgan fingerprint density at radius 1 is 0.900 bits per heavy atom. The topological polar surface area (TPSA) is 66.5 Å². The van der Waals surface area contributed by atoms with Crippen molar-refractivity contribution in [3.8, 4) is 0 Å². The number of hydrogen-bond donors (Lipinski definition) is 1. The Morgan fingerprint density at radius 2 is 1.50 bits per heavy atom. The van der Waals surface area contributed by atoms with Crippen molar-refractivity contribution in [1.29, 1.82) is 0 Å². The lowest BCUT2D eigenvalue weighted by Crippen LogP contribution is -2.38. The Morgan fingerprint density at radius 3 is 2.13 bits per heavy atom. The molecule has 3 aromatic rings. The van der Waals surface area contributed by atoms with Gasteiger partial charge in [-0.05, 0) is 74.4 Å². The molecule has 0 spiro atoms. The van der Waals surface area contributed by atoms with Crippen LogP contribution in [0.4, 0.5) is 11.4 Å². The number of halogens is 1. The van der Waals surface area contributed by atoms with Crippen LogP contribution in [0.1, 0.15) is 16.7 Å². The quantitative estimate of drug-likeness (QED) is 0.577. The molecule has 7 heteroatoms. The van der Waals surface area contributed by atoms with Crippen LogP contribution in [0.3, 0.4) is 0 Å². The number of nitrogens with zero attached hydrogens (tertiary/aromatic N) is 1. The summed E-state index contributed by atoms with van der Waals surface area (Å²) in [6.45, 7) is 5.37. The van der Waals surface area contributed by atoms with Gasteiger partial charge in [-0.15, -0.1) is 0 Å². The van der Waals surface area contributed by atoms with Crippen molar-refractivity contribution < 1.29 is 13.2 Å². The molecule has 0 saturated heterocycles. The second kappa shape index (κ2) is 8.90. The van der Waals surface area contributed by atoms with Crippen LogP contribution in [0.5, 0.6) is 0 Å². The van der Waals surface area contributed by atoms with E-state index >= 15 is 0 Å². The highest BCUT2D eigenvalue weighted by atomic mass is 35.5. The predicted molar refractivity (Wildman–Crippen MR) is 122 cm³/mol. The maximum absolute atomic E-state index is 13.3. The summed E-state index contributed by atoms with van der Waals surface area (Å²) < 4.78 is 27.8. The molecule has 1 amide bonds. The normalized spacial score (nSPS) is 11.2. The van der Waals surface area contributed by atoms with E-state index in [1.165, 1.54) is 24.3 Å². The van der Waals surface area contributed by atoms with Crippen LogP contribution in [0.2, 0.25) is 5.02 Å². The first-order valence-electron chi connectivity index (χ1n) is 9.39. The first-order chi connectivity index (χ1) is 14.2. The van der Waals surface area contributed by atoms with E-state index in [9.17, 15) is 13.2 Å². The van der Waals surface area contributed by atoms with Crippen LogP contribution in [-0.2, 0) is 14.8 Å². The van der Waals surface area contributed by atoms with Crippen molar-refractivity contribution in [1.82, 2.24) is 0 Å². The van der Waals surface area contributed by atoms with Gasteiger partial charge >= 0.3 is 0 Å². The third-order valence-corrected chi connectivity index (χ3v) is 6.72. The Hall–Kier alpha value is -2.83. The van der Waals surface area contributed by atoms with Gasteiger partial charge < -0.3 is 5.32 Å². The zero-order chi connectivity index (χ0) is 21.9. The molecule has 0 aliphatic heterocycles. The molecule has 0 saturated carbocycles. The molecule has 0 heterocycles. The van der Waals surface area contributed by atoms with Gasteiger partial charge in [-0.1, -0.05) is 41.4 Å². The molecule has 0 bridgehead atoms. The van der Waals surface area contributed by atoms with E-state index in [1.54, 1.807) is 12.1 Å². The highest BCUT2D eigenvalue weighted by Crippen LogP contribution is 2.25. The number of hydrogen-bond acceptors (Lipinski definition) is 3. The van der Waals surface area contributed by atoms with E-state index in [0.29, 0.717) is 16.4 Å². The second-order valence-electron chi connectivity index (χ2n) is 7.17. The van der Waals surface area contributed by atoms with Gasteiger partial charge in [-0.25, -0.2) is 8.42 Å². The summed E-state index contributed by atoms with van der Waals surface area (Å²) >= 11 is 5.91. The molecule has 0 fully saturated rings. The fourth-order valence-electron chi connectivity index (χ4n) is 2.95. The monoisotopic (exact) mass is 442 g/mol. The molecule has 0 unspecified atom stereocenters. The van der Waals surface area contributed by atoms with E-state index in [0.717, 1.165) is 21.0 Å². The molecule has 0 aliphatic carbocycles. The summed E-state index contributed by atoms with van der Waals surface area (Å²) in [5, 5.41) is 3.26. The van der Waals surface area contributed by atoms with Crippen LogP contribution in [-0.4, -0.2) is 20.9 Å². The van der Waals surface area contributed by atoms with E-state index in [4.69, 9.17) is 11.6 Å². The molecule has 0 radical (unpaired) electrons. The van der Waals surface area contributed by atoms with Crippen LogP contribution < -0.4 is 9.62 Å². The first-order valence-corrected chi connectivity index (χ1v) is 11.2. The molecule has 3 rings (SSSR count). The SMILES string of the molecule is Cc1ccc(N(CC(=O)Nc2cc(C)ccc2C)S(=O)(=O)c2ccc(Cl)cc2)cc1. The summed E-state index contributed by atoms with van der Waals surface area (Å²) in [6, 6.07) is 18.6. The highest BCUT2D eigenvalue weighted by Gasteiger charge is 2.27. The predicted octanol–water partition coefficient (Wildman–Crippen LogP) is 5.10. The van der Waals surface area contributed by atoms with Crippen LogP contribution in [0.25, 0.3) is 0 Å². The molecule has 0 atom stereocenters. The van der Waals surface area contributed by atoms with Crippen molar-refractivity contribution >= 4 is 38.9 Å². The summed E-state index contributed by atoms with van der Waals surface area (Å²) in [4.78, 5) is 12.9. The third kappa shape index (κ3) is 5.01. The van der Waals surface area contributed by atoms with Crippen LogP contribution in [0, 0.1) is 20.8 Å². The number of nitrogens with one attached hydrogen (secondary N) is 1. The zero-order valence-corrected chi connectivity index (χ0v) is 18.6. The van der Waals surface area contributed by atoms with Gasteiger partial charge in [0.25, 0.3) is 10.0 Å². The molecule has 30 heavy (non-hydrogen) atoms. The zero-order valence-electron chi connectivity index (χ0n) is 17.0.